The highest BCUT2D eigenvalue weighted by atomic mass is 16.5. The van der Waals surface area contributed by atoms with Crippen LogP contribution >= 0.6 is 0 Å². The zero-order valence-corrected chi connectivity index (χ0v) is 23.4. The second-order valence-corrected chi connectivity index (χ2v) is 11.5. The molecule has 2 aliphatic rings. The molecule has 0 aliphatic carbocycles. The molecule has 5 aromatic rings. The number of piperidine rings is 1. The number of H-pyrrole nitrogens is 1. The van der Waals surface area contributed by atoms with Gasteiger partial charge in [0.15, 0.2) is 17.0 Å². The van der Waals surface area contributed by atoms with Crippen molar-refractivity contribution >= 4 is 28.5 Å². The summed E-state index contributed by atoms with van der Waals surface area (Å²) in [6.45, 7) is 5.75. The van der Waals surface area contributed by atoms with Gasteiger partial charge < -0.3 is 20.3 Å². The van der Waals surface area contributed by atoms with E-state index < -0.39 is 0 Å². The van der Waals surface area contributed by atoms with Gasteiger partial charge in [0.1, 0.15) is 17.3 Å². The summed E-state index contributed by atoms with van der Waals surface area (Å²) in [6.07, 6.45) is 6.04. The van der Waals surface area contributed by atoms with Crippen LogP contribution in [0.3, 0.4) is 0 Å². The second kappa shape index (κ2) is 10.5. The first kappa shape index (κ1) is 25.5. The van der Waals surface area contributed by atoms with Crippen LogP contribution in [0, 0.1) is 5.41 Å². The smallest absolute Gasteiger partial charge is 0.183 e. The number of anilines is 3. The lowest BCUT2D eigenvalue weighted by Gasteiger charge is -2.39. The molecule has 2 aromatic heterocycles. The summed E-state index contributed by atoms with van der Waals surface area (Å²) in [4.78, 5) is 14.4. The highest BCUT2D eigenvalue weighted by Crippen LogP contribution is 2.41. The third kappa shape index (κ3) is 4.89. The van der Waals surface area contributed by atoms with Crippen molar-refractivity contribution in [1.29, 1.82) is 0 Å². The predicted octanol–water partition coefficient (Wildman–Crippen LogP) is 6.46. The Balaban J connectivity index is 1.18. The summed E-state index contributed by atoms with van der Waals surface area (Å²) in [6, 6.07) is 24.7. The molecule has 0 saturated carbocycles. The number of benzene rings is 3. The summed E-state index contributed by atoms with van der Waals surface area (Å²) in [5.74, 6) is 3.37. The molecule has 0 bridgehead atoms. The quantitative estimate of drug-likeness (QED) is 0.253. The average molecular weight is 546 g/mol. The minimum atomic E-state index is 0.214. The van der Waals surface area contributed by atoms with Crippen molar-refractivity contribution in [2.24, 2.45) is 11.1 Å². The Bertz CT molecular complexity index is 1670. The summed E-state index contributed by atoms with van der Waals surface area (Å²) in [5, 5.41) is 7.90. The van der Waals surface area contributed by atoms with Crippen molar-refractivity contribution in [3.63, 3.8) is 0 Å². The molecule has 1 fully saturated rings. The minimum Gasteiger partial charge on any atom is -0.457 e. The molecule has 2 aliphatic heterocycles. The minimum absolute atomic E-state index is 0.214. The molecular formula is C33H35N7O. The van der Waals surface area contributed by atoms with Gasteiger partial charge >= 0.3 is 0 Å². The molecule has 0 atom stereocenters. The van der Waals surface area contributed by atoms with Crippen LogP contribution in [0.15, 0.2) is 79.0 Å². The van der Waals surface area contributed by atoms with E-state index in [1.807, 2.05) is 42.6 Å². The molecule has 0 spiro atoms. The van der Waals surface area contributed by atoms with E-state index in [0.29, 0.717) is 0 Å². The molecule has 3 aromatic carbocycles. The highest BCUT2D eigenvalue weighted by Gasteiger charge is 2.30. The Kier molecular flexibility index (Phi) is 6.55. The summed E-state index contributed by atoms with van der Waals surface area (Å²) < 4.78 is 6.13. The van der Waals surface area contributed by atoms with Crippen molar-refractivity contribution in [3.05, 3.63) is 84.6 Å². The number of hydrogen-bond acceptors (Lipinski definition) is 7. The molecule has 0 unspecified atom stereocenters. The lowest BCUT2D eigenvalue weighted by atomic mass is 9.80. The van der Waals surface area contributed by atoms with Gasteiger partial charge in [0.25, 0.3) is 0 Å². The molecule has 7 rings (SSSR count). The van der Waals surface area contributed by atoms with Gasteiger partial charge in [0, 0.05) is 25.3 Å². The number of nitrogens with zero attached hydrogens (tertiary/aromatic N) is 5. The summed E-state index contributed by atoms with van der Waals surface area (Å²) in [5.41, 5.74) is 12.6. The maximum absolute atomic E-state index is 6.13. The maximum atomic E-state index is 6.13. The number of ether oxygens (including phenoxy) is 1. The van der Waals surface area contributed by atoms with Gasteiger partial charge in [-0.2, -0.15) is 5.10 Å². The third-order valence-electron chi connectivity index (χ3n) is 8.66. The van der Waals surface area contributed by atoms with Crippen LogP contribution in [0.2, 0.25) is 0 Å². The highest BCUT2D eigenvalue weighted by molar-refractivity contribution is 5.89. The topological polar surface area (TPSA) is 96.2 Å². The van der Waals surface area contributed by atoms with Gasteiger partial charge in [-0.15, -0.1) is 0 Å². The van der Waals surface area contributed by atoms with Gasteiger partial charge in [-0.25, -0.2) is 9.97 Å². The summed E-state index contributed by atoms with van der Waals surface area (Å²) in [7, 11) is 0. The van der Waals surface area contributed by atoms with E-state index >= 15 is 0 Å². The molecular weight excluding hydrogens is 510 g/mol. The van der Waals surface area contributed by atoms with Crippen LogP contribution in [0.4, 0.5) is 17.3 Å². The van der Waals surface area contributed by atoms with E-state index in [-0.39, 0.29) is 5.41 Å². The van der Waals surface area contributed by atoms with Gasteiger partial charge in [-0.1, -0.05) is 49.4 Å². The molecule has 4 heterocycles. The second-order valence-electron chi connectivity index (χ2n) is 11.5. The first-order chi connectivity index (χ1) is 20.1. The number of aromatic amines is 1. The molecule has 3 N–H and O–H groups in total. The first-order valence-electron chi connectivity index (χ1n) is 14.5. The van der Waals surface area contributed by atoms with Crippen LogP contribution < -0.4 is 20.3 Å². The molecule has 41 heavy (non-hydrogen) atoms. The normalized spacial score (nSPS) is 16.5. The van der Waals surface area contributed by atoms with E-state index in [2.05, 4.69) is 58.2 Å². The van der Waals surface area contributed by atoms with Gasteiger partial charge in [-0.05, 0) is 84.7 Å². The number of aromatic nitrogens is 4. The van der Waals surface area contributed by atoms with Crippen LogP contribution in [0.25, 0.3) is 22.3 Å². The van der Waals surface area contributed by atoms with Gasteiger partial charge in [0.2, 0.25) is 0 Å². The van der Waals surface area contributed by atoms with Crippen LogP contribution in [-0.2, 0) is 6.42 Å². The zero-order chi connectivity index (χ0) is 27.8. The Morgan fingerprint density at radius 2 is 1.76 bits per heavy atom. The molecule has 8 nitrogen and oxygen atoms in total. The zero-order valence-electron chi connectivity index (χ0n) is 23.4. The molecule has 0 amide bonds. The van der Waals surface area contributed by atoms with Crippen LogP contribution in [0.5, 0.6) is 11.5 Å². The lowest BCUT2D eigenvalue weighted by Crippen LogP contribution is -2.42. The first-order valence-corrected chi connectivity index (χ1v) is 14.5. The fourth-order valence-electron chi connectivity index (χ4n) is 6.07. The van der Waals surface area contributed by atoms with E-state index in [4.69, 9.17) is 25.5 Å². The summed E-state index contributed by atoms with van der Waals surface area (Å²) >= 11 is 0. The number of para-hydroxylation sites is 1. The molecule has 208 valence electrons. The lowest BCUT2D eigenvalue weighted by molar-refractivity contribution is 0.258. The fraction of sp³-hybridized carbons (Fsp3) is 0.303. The number of nitrogens with two attached hydrogens (primary N) is 1. The molecule has 8 heteroatoms. The Morgan fingerprint density at radius 1 is 0.951 bits per heavy atom. The third-order valence-corrected chi connectivity index (χ3v) is 8.66. The predicted molar refractivity (Wildman–Crippen MR) is 164 cm³/mol. The maximum Gasteiger partial charge on any atom is 0.183 e. The average Bonchev–Trinajstić information content (AvgIpc) is 3.45. The fourth-order valence-corrected chi connectivity index (χ4v) is 6.07. The number of rotatable bonds is 6. The Hall–Kier alpha value is -4.43. The van der Waals surface area contributed by atoms with Crippen molar-refractivity contribution in [2.75, 3.05) is 36.0 Å². The monoisotopic (exact) mass is 545 g/mol. The molecule has 0 radical (unpaired) electrons. The Labute approximate surface area is 240 Å². The standard InChI is InChI=1S/C33H35N7O/c1-33(22-34)15-18-39(19-16-33)29-21-35-30-31(36-29)37-38-32(30)40-17-7-13-27-26(12-6-14-28(27)40)23-8-5-11-25(20-23)41-24-9-3-2-4-10-24/h2-6,8-12,14,20-21H,7,13,15-19,22,34H2,1H3,(H,36,37,38). The largest absolute Gasteiger partial charge is 0.457 e. The SMILES string of the molecule is CC1(CN)CCN(c2cnc3c(N4CCCc5c(-c6cccc(Oc7ccccc7)c6)cccc54)n[nH]c3n2)CC1. The number of nitrogens with one attached hydrogen (secondary N) is 1. The van der Waals surface area contributed by atoms with E-state index in [1.165, 1.54) is 16.8 Å². The van der Waals surface area contributed by atoms with Crippen LogP contribution in [0.1, 0.15) is 31.7 Å². The van der Waals surface area contributed by atoms with E-state index in [0.717, 1.165) is 91.7 Å². The van der Waals surface area contributed by atoms with Crippen LogP contribution in [-0.4, -0.2) is 46.3 Å². The number of hydrogen-bond donors (Lipinski definition) is 2. The van der Waals surface area contributed by atoms with Gasteiger partial charge in [-0.3, -0.25) is 5.10 Å². The molecule has 1 saturated heterocycles. The number of fused-ring (bicyclic) bond motifs is 2. The van der Waals surface area contributed by atoms with Crippen molar-refractivity contribution in [3.8, 4) is 22.6 Å². The Morgan fingerprint density at radius 3 is 2.59 bits per heavy atom. The van der Waals surface area contributed by atoms with E-state index in [9.17, 15) is 0 Å². The van der Waals surface area contributed by atoms with Crippen molar-refractivity contribution in [1.82, 2.24) is 20.2 Å². The van der Waals surface area contributed by atoms with E-state index in [1.54, 1.807) is 0 Å². The van der Waals surface area contributed by atoms with Crippen molar-refractivity contribution in [2.45, 2.75) is 32.6 Å². The van der Waals surface area contributed by atoms with Crippen molar-refractivity contribution < 1.29 is 4.74 Å². The van der Waals surface area contributed by atoms with Gasteiger partial charge in [0.05, 0.1) is 6.20 Å².